The maximum absolute atomic E-state index is 11.6. The van der Waals surface area contributed by atoms with Gasteiger partial charge in [-0.25, -0.2) is 0 Å². The van der Waals surface area contributed by atoms with Crippen LogP contribution in [0.3, 0.4) is 0 Å². The fourth-order valence-corrected chi connectivity index (χ4v) is 1.57. The van der Waals surface area contributed by atoms with Crippen LogP contribution in [0.4, 0.5) is 11.4 Å². The third-order valence-corrected chi connectivity index (χ3v) is 2.54. The molecule has 0 radical (unpaired) electrons. The van der Waals surface area contributed by atoms with Gasteiger partial charge < -0.3 is 10.6 Å². The Hall–Kier alpha value is -2.79. The minimum absolute atomic E-state index is 0.0302. The molecule has 5 nitrogen and oxygen atoms in total. The Morgan fingerprint density at radius 1 is 1.30 bits per heavy atom. The Morgan fingerprint density at radius 3 is 2.60 bits per heavy atom. The van der Waals surface area contributed by atoms with Crippen molar-refractivity contribution in [2.75, 3.05) is 10.6 Å². The fraction of sp³-hybridized carbons (Fsp3) is 0.267. The molecule has 0 atom stereocenters. The van der Waals surface area contributed by atoms with Gasteiger partial charge in [-0.2, -0.15) is 10.5 Å². The number of carbonyl (C=O) groups is 1. The third kappa shape index (κ3) is 4.47. The molecular formula is C15H16N4O. The number of aryl methyl sites for hydroxylation is 1. The van der Waals surface area contributed by atoms with Crippen molar-refractivity contribution < 1.29 is 4.79 Å². The Balaban J connectivity index is 2.97. The zero-order chi connectivity index (χ0) is 15.0. The van der Waals surface area contributed by atoms with Crippen LogP contribution < -0.4 is 10.6 Å². The summed E-state index contributed by atoms with van der Waals surface area (Å²) in [4.78, 5) is 11.6. The molecule has 0 aliphatic rings. The summed E-state index contributed by atoms with van der Waals surface area (Å²) in [6, 6.07) is 9.04. The van der Waals surface area contributed by atoms with E-state index < -0.39 is 0 Å². The quantitative estimate of drug-likeness (QED) is 0.803. The van der Waals surface area contributed by atoms with Gasteiger partial charge in [0.25, 0.3) is 0 Å². The number of carbonyl (C=O) groups excluding carboxylic acids is 1. The van der Waals surface area contributed by atoms with Crippen molar-refractivity contribution in [1.29, 1.82) is 10.5 Å². The molecule has 0 heterocycles. The number of anilines is 2. The molecule has 1 aromatic carbocycles. The van der Waals surface area contributed by atoms with Gasteiger partial charge in [-0.15, -0.1) is 0 Å². The SMILES string of the molecule is CCCC(=O)Nc1ccc(C)cc1NC=C(C#N)C#N. The van der Waals surface area contributed by atoms with Crippen LogP contribution in [0.2, 0.25) is 0 Å². The molecule has 102 valence electrons. The molecule has 5 heteroatoms. The number of benzene rings is 1. The lowest BCUT2D eigenvalue weighted by molar-refractivity contribution is -0.116. The monoisotopic (exact) mass is 268 g/mol. The summed E-state index contributed by atoms with van der Waals surface area (Å²) in [5, 5.41) is 23.1. The van der Waals surface area contributed by atoms with E-state index >= 15 is 0 Å². The van der Waals surface area contributed by atoms with E-state index in [1.165, 1.54) is 6.20 Å². The number of allylic oxidation sites excluding steroid dienone is 1. The standard InChI is InChI=1S/C15H16N4O/c1-3-4-15(20)19-13-6-5-11(2)7-14(13)18-10-12(8-16)9-17/h5-7,10,18H,3-4H2,1-2H3,(H,19,20). The smallest absolute Gasteiger partial charge is 0.224 e. The minimum Gasteiger partial charge on any atom is -0.358 e. The molecule has 0 unspecified atom stereocenters. The third-order valence-electron chi connectivity index (χ3n) is 2.54. The topological polar surface area (TPSA) is 88.7 Å². The van der Waals surface area contributed by atoms with E-state index in [-0.39, 0.29) is 11.5 Å². The summed E-state index contributed by atoms with van der Waals surface area (Å²) in [6.07, 6.45) is 2.54. The van der Waals surface area contributed by atoms with E-state index in [1.54, 1.807) is 18.2 Å². The number of rotatable bonds is 5. The summed E-state index contributed by atoms with van der Waals surface area (Å²) < 4.78 is 0. The second-order valence-electron chi connectivity index (χ2n) is 4.27. The fourth-order valence-electron chi connectivity index (χ4n) is 1.57. The highest BCUT2D eigenvalue weighted by Gasteiger charge is 2.06. The van der Waals surface area contributed by atoms with Gasteiger partial charge in [-0.1, -0.05) is 13.0 Å². The number of nitrogens with one attached hydrogen (secondary N) is 2. The van der Waals surface area contributed by atoms with Gasteiger partial charge in [-0.3, -0.25) is 4.79 Å². The average molecular weight is 268 g/mol. The first-order valence-corrected chi connectivity index (χ1v) is 6.28. The van der Waals surface area contributed by atoms with Crippen molar-refractivity contribution in [3.05, 3.63) is 35.5 Å². The lowest BCUT2D eigenvalue weighted by Crippen LogP contribution is -2.12. The molecule has 0 aromatic heterocycles. The average Bonchev–Trinajstić information content (AvgIpc) is 2.43. The van der Waals surface area contributed by atoms with Crippen LogP contribution in [0.15, 0.2) is 30.0 Å². The van der Waals surface area contributed by atoms with Gasteiger partial charge in [0.2, 0.25) is 5.91 Å². The van der Waals surface area contributed by atoms with E-state index in [0.717, 1.165) is 12.0 Å². The molecule has 0 aliphatic carbocycles. The molecule has 0 saturated heterocycles. The van der Waals surface area contributed by atoms with Gasteiger partial charge in [0.15, 0.2) is 0 Å². The maximum Gasteiger partial charge on any atom is 0.224 e. The van der Waals surface area contributed by atoms with Crippen LogP contribution in [0, 0.1) is 29.6 Å². The first-order valence-electron chi connectivity index (χ1n) is 6.28. The molecular weight excluding hydrogens is 252 g/mol. The highest BCUT2D eigenvalue weighted by molar-refractivity contribution is 5.94. The van der Waals surface area contributed by atoms with Crippen LogP contribution in [-0.4, -0.2) is 5.91 Å². The maximum atomic E-state index is 11.6. The van der Waals surface area contributed by atoms with Crippen molar-refractivity contribution in [1.82, 2.24) is 0 Å². The van der Waals surface area contributed by atoms with Crippen LogP contribution in [0.1, 0.15) is 25.3 Å². The van der Waals surface area contributed by atoms with Crippen molar-refractivity contribution >= 4 is 17.3 Å². The predicted molar refractivity (Wildman–Crippen MR) is 77.6 cm³/mol. The second kappa shape index (κ2) is 7.60. The van der Waals surface area contributed by atoms with Crippen molar-refractivity contribution in [3.63, 3.8) is 0 Å². The molecule has 1 aromatic rings. The highest BCUT2D eigenvalue weighted by atomic mass is 16.1. The molecule has 20 heavy (non-hydrogen) atoms. The normalized spacial score (nSPS) is 9.00. The van der Waals surface area contributed by atoms with Crippen LogP contribution >= 0.6 is 0 Å². The van der Waals surface area contributed by atoms with Gasteiger partial charge in [0.05, 0.1) is 11.4 Å². The first-order chi connectivity index (χ1) is 9.60. The Labute approximate surface area is 118 Å². The molecule has 0 spiro atoms. The number of nitriles is 2. The van der Waals surface area contributed by atoms with Crippen LogP contribution in [-0.2, 0) is 4.79 Å². The summed E-state index contributed by atoms with van der Waals surface area (Å²) in [7, 11) is 0. The Kier molecular flexibility index (Phi) is 5.80. The van der Waals surface area contributed by atoms with E-state index in [1.807, 2.05) is 26.0 Å². The summed E-state index contributed by atoms with van der Waals surface area (Å²) in [5.41, 5.74) is 2.25. The Bertz CT molecular complexity index is 589. The number of amides is 1. The molecule has 0 bridgehead atoms. The van der Waals surface area contributed by atoms with Crippen molar-refractivity contribution in [3.8, 4) is 12.1 Å². The molecule has 0 aliphatic heterocycles. The van der Waals surface area contributed by atoms with E-state index in [9.17, 15) is 4.79 Å². The Morgan fingerprint density at radius 2 is 2.00 bits per heavy atom. The van der Waals surface area contributed by atoms with Crippen LogP contribution in [0.25, 0.3) is 0 Å². The van der Waals surface area contributed by atoms with Crippen molar-refractivity contribution in [2.24, 2.45) is 0 Å². The number of hydrogen-bond donors (Lipinski definition) is 2. The second-order valence-corrected chi connectivity index (χ2v) is 4.27. The molecule has 0 saturated carbocycles. The minimum atomic E-state index is -0.0656. The van der Waals surface area contributed by atoms with Crippen molar-refractivity contribution in [2.45, 2.75) is 26.7 Å². The lowest BCUT2D eigenvalue weighted by atomic mass is 10.2. The molecule has 0 fully saturated rings. The molecule has 1 rings (SSSR count). The summed E-state index contributed by atoms with van der Waals surface area (Å²) in [6.45, 7) is 3.85. The predicted octanol–water partition coefficient (Wildman–Crippen LogP) is 3.08. The zero-order valence-electron chi connectivity index (χ0n) is 11.5. The summed E-state index contributed by atoms with van der Waals surface area (Å²) in [5.74, 6) is -0.0656. The summed E-state index contributed by atoms with van der Waals surface area (Å²) >= 11 is 0. The van der Waals surface area contributed by atoms with E-state index in [4.69, 9.17) is 10.5 Å². The number of nitrogens with zero attached hydrogens (tertiary/aromatic N) is 2. The largest absolute Gasteiger partial charge is 0.358 e. The van der Waals surface area contributed by atoms with Gasteiger partial charge >= 0.3 is 0 Å². The van der Waals surface area contributed by atoms with Gasteiger partial charge in [0, 0.05) is 12.6 Å². The molecule has 1 amide bonds. The lowest BCUT2D eigenvalue weighted by Gasteiger charge is -2.11. The van der Waals surface area contributed by atoms with Gasteiger partial charge in [-0.05, 0) is 31.0 Å². The van der Waals surface area contributed by atoms with Crippen LogP contribution in [0.5, 0.6) is 0 Å². The first kappa shape index (κ1) is 15.3. The van der Waals surface area contributed by atoms with E-state index in [0.29, 0.717) is 17.8 Å². The van der Waals surface area contributed by atoms with E-state index in [2.05, 4.69) is 10.6 Å². The number of hydrogen-bond acceptors (Lipinski definition) is 4. The zero-order valence-corrected chi connectivity index (χ0v) is 11.5. The van der Waals surface area contributed by atoms with Gasteiger partial charge in [0.1, 0.15) is 17.7 Å². The molecule has 2 N–H and O–H groups in total. The highest BCUT2D eigenvalue weighted by Crippen LogP contribution is 2.23.